The van der Waals surface area contributed by atoms with Gasteiger partial charge in [0.25, 0.3) is 0 Å². The molecule has 5 rings (SSSR count). The molecule has 0 amide bonds. The first-order valence-electron chi connectivity index (χ1n) is 10.3. The third-order valence-corrected chi connectivity index (χ3v) is 5.28. The molecule has 9 heteroatoms. The number of carbonyl (C=O) groups excluding carboxylic acids is 1. The number of pyridine rings is 1. The molecule has 3 aromatic carbocycles. The predicted molar refractivity (Wildman–Crippen MR) is 120 cm³/mol. The summed E-state index contributed by atoms with van der Waals surface area (Å²) < 4.78 is 34.5. The van der Waals surface area contributed by atoms with Crippen molar-refractivity contribution in [3.63, 3.8) is 0 Å². The summed E-state index contributed by atoms with van der Waals surface area (Å²) in [4.78, 5) is 17.8. The van der Waals surface area contributed by atoms with Gasteiger partial charge in [-0.15, -0.1) is 5.10 Å². The molecule has 0 fully saturated rings. The number of benzene rings is 3. The van der Waals surface area contributed by atoms with Gasteiger partial charge in [-0.05, 0) is 65.0 Å². The number of carbonyl (C=O) groups is 1. The molecule has 0 aliphatic carbocycles. The van der Waals surface area contributed by atoms with Crippen LogP contribution in [-0.2, 0) is 13.7 Å². The minimum atomic E-state index is -0.512. The maximum atomic E-state index is 13.8. The van der Waals surface area contributed by atoms with Gasteiger partial charge in [-0.3, -0.25) is 4.79 Å². The van der Waals surface area contributed by atoms with Crippen molar-refractivity contribution in [3.8, 4) is 17.1 Å². The number of tetrazole rings is 1. The summed E-state index contributed by atoms with van der Waals surface area (Å²) in [6.45, 7) is 0.131. The zero-order chi connectivity index (χ0) is 23.7. The van der Waals surface area contributed by atoms with Crippen LogP contribution in [-0.4, -0.2) is 31.0 Å². The fraction of sp³-hybridized carbons (Fsp3) is 0.0800. The summed E-state index contributed by atoms with van der Waals surface area (Å²) >= 11 is 0. The second-order valence-corrected chi connectivity index (χ2v) is 7.60. The summed E-state index contributed by atoms with van der Waals surface area (Å²) in [5.41, 5.74) is 2.23. The highest BCUT2D eigenvalue weighted by Gasteiger charge is 2.20. The van der Waals surface area contributed by atoms with E-state index in [9.17, 15) is 13.6 Å². The molecule has 5 aromatic rings. The molecular formula is C25H17F2N5O2. The highest BCUT2D eigenvalue weighted by molar-refractivity contribution is 6.12. The number of halogens is 2. The van der Waals surface area contributed by atoms with E-state index in [0.717, 1.165) is 0 Å². The molecule has 2 aromatic heterocycles. The molecule has 0 saturated carbocycles. The Morgan fingerprint density at radius 1 is 0.971 bits per heavy atom. The van der Waals surface area contributed by atoms with E-state index in [2.05, 4.69) is 20.5 Å². The van der Waals surface area contributed by atoms with Gasteiger partial charge in [0.2, 0.25) is 0 Å². The van der Waals surface area contributed by atoms with E-state index < -0.39 is 11.6 Å². The van der Waals surface area contributed by atoms with Gasteiger partial charge in [-0.1, -0.05) is 18.2 Å². The van der Waals surface area contributed by atoms with Crippen molar-refractivity contribution in [2.75, 3.05) is 0 Å². The van der Waals surface area contributed by atoms with Crippen molar-refractivity contribution in [3.05, 3.63) is 101 Å². The van der Waals surface area contributed by atoms with Crippen LogP contribution in [0.3, 0.4) is 0 Å². The topological polar surface area (TPSA) is 82.8 Å². The van der Waals surface area contributed by atoms with Crippen LogP contribution in [0.2, 0.25) is 0 Å². The fourth-order valence-corrected chi connectivity index (χ4v) is 3.62. The molecule has 7 nitrogen and oxygen atoms in total. The maximum Gasteiger partial charge on any atom is 0.194 e. The van der Waals surface area contributed by atoms with E-state index in [4.69, 9.17) is 4.74 Å². The van der Waals surface area contributed by atoms with Gasteiger partial charge in [0.05, 0.1) is 11.2 Å². The number of fused-ring (bicyclic) bond motifs is 1. The number of hydrogen-bond donors (Lipinski definition) is 0. The first-order valence-corrected chi connectivity index (χ1v) is 10.3. The first-order chi connectivity index (χ1) is 16.5. The minimum Gasteiger partial charge on any atom is -0.487 e. The van der Waals surface area contributed by atoms with Crippen LogP contribution < -0.4 is 4.74 Å². The van der Waals surface area contributed by atoms with E-state index in [1.54, 1.807) is 49.5 Å². The molecular weight excluding hydrogens is 440 g/mol. The lowest BCUT2D eigenvalue weighted by Crippen LogP contribution is -2.07. The molecule has 168 valence electrons. The van der Waals surface area contributed by atoms with Gasteiger partial charge in [0, 0.05) is 29.1 Å². The SMILES string of the molecule is Cn1nnnc1-c1ccc(OCc2ccc3cc(F)ccc3n2)cc1C(=O)c1cccc(F)c1. The largest absolute Gasteiger partial charge is 0.487 e. The standard InChI is InChI=1S/C25H17F2N5O2/c1-32-25(29-30-31-32)21-9-8-20(13-22(21)24(33)16-3-2-4-17(26)12-16)34-14-19-7-5-15-11-18(27)6-10-23(15)28-19/h2-13H,14H2,1H3. The molecule has 34 heavy (non-hydrogen) atoms. The van der Waals surface area contributed by atoms with Crippen molar-refractivity contribution in [2.45, 2.75) is 6.61 Å². The third-order valence-electron chi connectivity index (χ3n) is 5.28. The van der Waals surface area contributed by atoms with Gasteiger partial charge >= 0.3 is 0 Å². The normalized spacial score (nSPS) is 11.0. The highest BCUT2D eigenvalue weighted by Crippen LogP contribution is 2.28. The van der Waals surface area contributed by atoms with Crippen molar-refractivity contribution < 1.29 is 18.3 Å². The Morgan fingerprint density at radius 2 is 1.82 bits per heavy atom. The predicted octanol–water partition coefficient (Wildman–Crippen LogP) is 4.51. The lowest BCUT2D eigenvalue weighted by Gasteiger charge is -2.12. The van der Waals surface area contributed by atoms with E-state index in [0.29, 0.717) is 33.7 Å². The van der Waals surface area contributed by atoms with Crippen molar-refractivity contribution in [1.82, 2.24) is 25.2 Å². The van der Waals surface area contributed by atoms with Crippen LogP contribution in [0, 0.1) is 11.6 Å². The average Bonchev–Trinajstić information content (AvgIpc) is 3.27. The van der Waals surface area contributed by atoms with E-state index >= 15 is 0 Å². The second-order valence-electron chi connectivity index (χ2n) is 7.60. The number of ether oxygens (including phenoxy) is 1. The quantitative estimate of drug-likeness (QED) is 0.349. The van der Waals surface area contributed by atoms with Crippen molar-refractivity contribution >= 4 is 16.7 Å². The molecule has 0 saturated heterocycles. The molecule has 0 N–H and O–H groups in total. The molecule has 0 aliphatic heterocycles. The van der Waals surface area contributed by atoms with Gasteiger partial charge in [0.15, 0.2) is 11.6 Å². The number of nitrogens with zero attached hydrogens (tertiary/aromatic N) is 5. The van der Waals surface area contributed by atoms with Gasteiger partial charge < -0.3 is 4.74 Å². The van der Waals surface area contributed by atoms with Crippen LogP contribution in [0.25, 0.3) is 22.3 Å². The Balaban J connectivity index is 1.47. The number of hydrogen-bond acceptors (Lipinski definition) is 6. The van der Waals surface area contributed by atoms with Crippen LogP contribution in [0.15, 0.2) is 72.8 Å². The monoisotopic (exact) mass is 457 g/mol. The maximum absolute atomic E-state index is 13.8. The molecule has 0 unspecified atom stereocenters. The first kappa shape index (κ1) is 21.3. The number of rotatable bonds is 6. The smallest absolute Gasteiger partial charge is 0.194 e. The fourth-order valence-electron chi connectivity index (χ4n) is 3.62. The van der Waals surface area contributed by atoms with Crippen LogP contribution >= 0.6 is 0 Å². The molecule has 0 bridgehead atoms. The lowest BCUT2D eigenvalue weighted by atomic mass is 9.97. The van der Waals surface area contributed by atoms with Crippen LogP contribution in [0.1, 0.15) is 21.6 Å². The lowest BCUT2D eigenvalue weighted by molar-refractivity contribution is 0.103. The van der Waals surface area contributed by atoms with Crippen molar-refractivity contribution in [1.29, 1.82) is 0 Å². The highest BCUT2D eigenvalue weighted by atomic mass is 19.1. The Bertz CT molecular complexity index is 1530. The van der Waals surface area contributed by atoms with Gasteiger partial charge in [0.1, 0.15) is 24.0 Å². The number of ketones is 1. The minimum absolute atomic E-state index is 0.131. The summed E-state index contributed by atoms with van der Waals surface area (Å²) in [5.74, 6) is -0.433. The van der Waals surface area contributed by atoms with Crippen molar-refractivity contribution in [2.24, 2.45) is 7.05 Å². The zero-order valence-corrected chi connectivity index (χ0v) is 17.9. The summed E-state index contributed by atoms with van der Waals surface area (Å²) in [6, 6.07) is 18.3. The van der Waals surface area contributed by atoms with Gasteiger partial charge in [-0.25, -0.2) is 18.4 Å². The number of aromatic nitrogens is 5. The zero-order valence-electron chi connectivity index (χ0n) is 17.9. The Morgan fingerprint density at radius 3 is 2.62 bits per heavy atom. The summed E-state index contributed by atoms with van der Waals surface area (Å²) in [7, 11) is 1.66. The van der Waals surface area contributed by atoms with E-state index in [1.807, 2.05) is 0 Å². The molecule has 0 aliphatic rings. The third kappa shape index (κ3) is 4.23. The number of aryl methyl sites for hydroxylation is 1. The molecule has 0 radical (unpaired) electrons. The van der Waals surface area contributed by atoms with Crippen LogP contribution in [0.5, 0.6) is 5.75 Å². The Hall–Kier alpha value is -4.53. The summed E-state index contributed by atoms with van der Waals surface area (Å²) in [5, 5.41) is 12.2. The van der Waals surface area contributed by atoms with Crippen LogP contribution in [0.4, 0.5) is 8.78 Å². The Kier molecular flexibility index (Phi) is 5.51. The molecule has 2 heterocycles. The molecule has 0 spiro atoms. The Labute approximate surface area is 192 Å². The van der Waals surface area contributed by atoms with E-state index in [1.165, 1.54) is 35.0 Å². The average molecular weight is 457 g/mol. The molecule has 0 atom stereocenters. The second kappa shape index (κ2) is 8.78. The van der Waals surface area contributed by atoms with E-state index in [-0.39, 0.29) is 23.6 Å². The summed E-state index contributed by atoms with van der Waals surface area (Å²) in [6.07, 6.45) is 0. The van der Waals surface area contributed by atoms with Gasteiger partial charge in [-0.2, -0.15) is 0 Å².